The van der Waals surface area contributed by atoms with Crippen LogP contribution in [0.15, 0.2) is 18.2 Å². The molecule has 4 nitrogen and oxygen atoms in total. The first-order chi connectivity index (χ1) is 9.88. The van der Waals surface area contributed by atoms with E-state index in [1.54, 1.807) is 4.90 Å². The lowest BCUT2D eigenvalue weighted by molar-refractivity contribution is -0.164. The fourth-order valence-electron chi connectivity index (χ4n) is 3.36. The summed E-state index contributed by atoms with van der Waals surface area (Å²) in [5, 5.41) is 9.33. The van der Waals surface area contributed by atoms with Crippen LogP contribution in [0.3, 0.4) is 0 Å². The second kappa shape index (κ2) is 5.03. The number of hydrogen-bond donors (Lipinski definition) is 2. The molecule has 1 atom stereocenters. The molecule has 3 rings (SSSR count). The monoisotopic (exact) mass is 296 g/mol. The Morgan fingerprint density at radius 3 is 2.67 bits per heavy atom. The van der Waals surface area contributed by atoms with Gasteiger partial charge in [0.25, 0.3) is 0 Å². The molecule has 0 unspecified atom stereocenters. The van der Waals surface area contributed by atoms with Gasteiger partial charge in [0.1, 0.15) is 11.6 Å². The number of likely N-dealkylation sites (tertiary alicyclic amines) is 1. The number of carbonyl (C=O) groups excluding carboxylic acids is 1. The second-order valence-electron chi connectivity index (χ2n) is 6.30. The third-order valence-corrected chi connectivity index (χ3v) is 4.47. The molecule has 1 aliphatic heterocycles. The lowest BCUT2D eigenvalue weighted by atomic mass is 9.62. The van der Waals surface area contributed by atoms with Crippen LogP contribution in [0.5, 0.6) is 0 Å². The standard InChI is InChI=1S/C15H18F2N2O2/c16-10-2-1-9(12(17)4-10)3-13(18)14(21)19-7-15(8-19)5-11(20)6-15/h1-2,4,11,13,20H,3,5-8,18H2/t13-/m0/s1. The van der Waals surface area contributed by atoms with Crippen LogP contribution in [0.25, 0.3) is 0 Å². The number of aliphatic hydroxyl groups excluding tert-OH is 1. The maximum Gasteiger partial charge on any atom is 0.239 e. The van der Waals surface area contributed by atoms with Gasteiger partial charge in [-0.05, 0) is 30.9 Å². The van der Waals surface area contributed by atoms with Gasteiger partial charge in [-0.3, -0.25) is 4.79 Å². The van der Waals surface area contributed by atoms with Gasteiger partial charge >= 0.3 is 0 Å². The highest BCUT2D eigenvalue weighted by Crippen LogP contribution is 2.48. The molecular formula is C15H18F2N2O2. The summed E-state index contributed by atoms with van der Waals surface area (Å²) in [7, 11) is 0. The Labute approximate surface area is 121 Å². The van der Waals surface area contributed by atoms with Crippen molar-refractivity contribution < 1.29 is 18.7 Å². The van der Waals surface area contributed by atoms with Crippen molar-refractivity contribution >= 4 is 5.91 Å². The Kier molecular flexibility index (Phi) is 3.45. The highest BCUT2D eigenvalue weighted by atomic mass is 19.1. The van der Waals surface area contributed by atoms with Crippen LogP contribution in [-0.4, -0.2) is 41.1 Å². The summed E-state index contributed by atoms with van der Waals surface area (Å²) in [6.45, 7) is 1.23. The molecule has 0 radical (unpaired) electrons. The number of hydrogen-bond acceptors (Lipinski definition) is 3. The van der Waals surface area contributed by atoms with Crippen molar-refractivity contribution in [2.45, 2.75) is 31.4 Å². The lowest BCUT2D eigenvalue weighted by Crippen LogP contribution is -2.67. The first-order valence-corrected chi connectivity index (χ1v) is 7.05. The molecule has 1 spiro atoms. The zero-order valence-electron chi connectivity index (χ0n) is 11.6. The van der Waals surface area contributed by atoms with Gasteiger partial charge in [0.2, 0.25) is 5.91 Å². The van der Waals surface area contributed by atoms with Crippen molar-refractivity contribution in [3.8, 4) is 0 Å². The molecule has 1 aliphatic carbocycles. The SMILES string of the molecule is N[C@@H](Cc1ccc(F)cc1F)C(=O)N1CC2(CC(O)C2)C1. The fraction of sp³-hybridized carbons (Fsp3) is 0.533. The third kappa shape index (κ3) is 2.65. The molecule has 2 fully saturated rings. The van der Waals surface area contributed by atoms with Gasteiger partial charge in [0, 0.05) is 24.6 Å². The molecule has 2 aliphatic rings. The minimum Gasteiger partial charge on any atom is -0.393 e. The molecule has 1 amide bonds. The fourth-order valence-corrected chi connectivity index (χ4v) is 3.36. The number of rotatable bonds is 3. The number of benzene rings is 1. The van der Waals surface area contributed by atoms with Crippen LogP contribution in [0.4, 0.5) is 8.78 Å². The highest BCUT2D eigenvalue weighted by Gasteiger charge is 2.53. The second-order valence-corrected chi connectivity index (χ2v) is 6.30. The summed E-state index contributed by atoms with van der Waals surface area (Å²) in [6.07, 6.45) is 1.28. The van der Waals surface area contributed by atoms with Gasteiger partial charge in [0.15, 0.2) is 0 Å². The minimum atomic E-state index is -0.827. The highest BCUT2D eigenvalue weighted by molar-refractivity contribution is 5.83. The molecule has 1 aromatic carbocycles. The van der Waals surface area contributed by atoms with Crippen molar-refractivity contribution in [2.24, 2.45) is 11.1 Å². The predicted octanol–water partition coefficient (Wildman–Crippen LogP) is 0.818. The van der Waals surface area contributed by atoms with Crippen molar-refractivity contribution in [3.63, 3.8) is 0 Å². The van der Waals surface area contributed by atoms with Crippen LogP contribution in [-0.2, 0) is 11.2 Å². The summed E-state index contributed by atoms with van der Waals surface area (Å²) in [6, 6.07) is 2.44. The van der Waals surface area contributed by atoms with Crippen LogP contribution in [0.1, 0.15) is 18.4 Å². The minimum absolute atomic E-state index is 0.0527. The molecule has 1 saturated heterocycles. The van der Waals surface area contributed by atoms with Gasteiger partial charge in [-0.2, -0.15) is 0 Å². The molecule has 3 N–H and O–H groups in total. The Hall–Kier alpha value is -1.53. The van der Waals surface area contributed by atoms with Gasteiger partial charge in [-0.25, -0.2) is 8.78 Å². The van der Waals surface area contributed by atoms with E-state index in [0.29, 0.717) is 13.1 Å². The molecule has 1 heterocycles. The van der Waals surface area contributed by atoms with Gasteiger partial charge in [0.05, 0.1) is 12.1 Å². The predicted molar refractivity (Wildman–Crippen MR) is 72.3 cm³/mol. The molecule has 114 valence electrons. The molecule has 0 bridgehead atoms. The van der Waals surface area contributed by atoms with Crippen molar-refractivity contribution in [2.75, 3.05) is 13.1 Å². The largest absolute Gasteiger partial charge is 0.393 e. The van der Waals surface area contributed by atoms with E-state index < -0.39 is 17.7 Å². The number of nitrogens with two attached hydrogens (primary N) is 1. The Morgan fingerprint density at radius 1 is 1.43 bits per heavy atom. The van der Waals surface area contributed by atoms with Gasteiger partial charge in [-0.1, -0.05) is 6.07 Å². The van der Waals surface area contributed by atoms with E-state index in [9.17, 15) is 18.7 Å². The van der Waals surface area contributed by atoms with E-state index in [4.69, 9.17) is 5.73 Å². The summed E-state index contributed by atoms with van der Waals surface area (Å²) >= 11 is 0. The Balaban J connectivity index is 1.56. The maximum atomic E-state index is 13.6. The number of carbonyl (C=O) groups is 1. The topological polar surface area (TPSA) is 66.6 Å². The van der Waals surface area contributed by atoms with E-state index in [-0.39, 0.29) is 29.4 Å². The number of aliphatic hydroxyl groups is 1. The first kappa shape index (κ1) is 14.4. The molecule has 21 heavy (non-hydrogen) atoms. The summed E-state index contributed by atoms with van der Waals surface area (Å²) < 4.78 is 26.4. The average Bonchev–Trinajstić information content (AvgIpc) is 2.34. The zero-order valence-corrected chi connectivity index (χ0v) is 11.6. The number of halogens is 2. The summed E-state index contributed by atoms with van der Waals surface area (Å²) in [4.78, 5) is 13.8. The van der Waals surface area contributed by atoms with Crippen molar-refractivity contribution in [1.29, 1.82) is 0 Å². The smallest absolute Gasteiger partial charge is 0.239 e. The van der Waals surface area contributed by atoms with Crippen molar-refractivity contribution in [3.05, 3.63) is 35.4 Å². The maximum absolute atomic E-state index is 13.6. The van der Waals surface area contributed by atoms with Crippen molar-refractivity contribution in [1.82, 2.24) is 4.90 Å². The Morgan fingerprint density at radius 2 is 2.10 bits per heavy atom. The summed E-state index contributed by atoms with van der Waals surface area (Å²) in [5.41, 5.74) is 6.16. The van der Waals surface area contributed by atoms with Crippen LogP contribution in [0.2, 0.25) is 0 Å². The van der Waals surface area contributed by atoms with E-state index in [2.05, 4.69) is 0 Å². The average molecular weight is 296 g/mol. The Bertz CT molecular complexity index is 565. The third-order valence-electron chi connectivity index (χ3n) is 4.47. The van der Waals surface area contributed by atoms with Crippen LogP contribution in [0, 0.1) is 17.0 Å². The normalized spacial score (nSPS) is 21.8. The number of amides is 1. The van der Waals surface area contributed by atoms with E-state index >= 15 is 0 Å². The molecule has 1 saturated carbocycles. The van der Waals surface area contributed by atoms with E-state index in [1.165, 1.54) is 6.07 Å². The molecule has 1 aromatic rings. The van der Waals surface area contributed by atoms with E-state index in [1.807, 2.05) is 0 Å². The first-order valence-electron chi connectivity index (χ1n) is 7.05. The van der Waals surface area contributed by atoms with Gasteiger partial charge in [-0.15, -0.1) is 0 Å². The number of nitrogens with zero attached hydrogens (tertiary/aromatic N) is 1. The van der Waals surface area contributed by atoms with E-state index in [0.717, 1.165) is 25.0 Å². The van der Waals surface area contributed by atoms with Crippen LogP contribution < -0.4 is 5.73 Å². The molecular weight excluding hydrogens is 278 g/mol. The molecule has 0 aromatic heterocycles. The zero-order chi connectivity index (χ0) is 15.2. The lowest BCUT2D eigenvalue weighted by Gasteiger charge is -2.58. The summed E-state index contributed by atoms with van der Waals surface area (Å²) in [5.74, 6) is -1.55. The van der Waals surface area contributed by atoms with Crippen LogP contribution >= 0.6 is 0 Å². The van der Waals surface area contributed by atoms with Gasteiger partial charge < -0.3 is 15.7 Å². The molecule has 6 heteroatoms. The quantitative estimate of drug-likeness (QED) is 0.868.